The number of unbranched alkanes of at least 4 members (excludes halogenated alkanes) is 3. The molecule has 0 bridgehead atoms. The third kappa shape index (κ3) is 2.91. The molecule has 2 nitrogen and oxygen atoms in total. The van der Waals surface area contributed by atoms with Gasteiger partial charge in [-0.3, -0.25) is 4.90 Å². The number of aliphatic hydroxyl groups excluding tert-OH is 1. The highest BCUT2D eigenvalue weighted by Crippen LogP contribution is 2.54. The second kappa shape index (κ2) is 7.00. The smallest absolute Gasteiger partial charge is 0.0587 e. The second-order valence-corrected chi connectivity index (χ2v) is 7.91. The lowest BCUT2D eigenvalue weighted by Crippen LogP contribution is -2.61. The number of piperidine rings is 1. The standard InChI is InChI=1S/C19H35NO/c1-2-3-4-5-9-17-11-10-16-8-6-7-13-19(16)14-12-18(15-21)20(17)19/h16-18,21H,2-15H2,1H3/t16-,17+,18+,19+/m0/s1. The maximum Gasteiger partial charge on any atom is 0.0587 e. The van der Waals surface area contributed by atoms with E-state index in [2.05, 4.69) is 11.8 Å². The van der Waals surface area contributed by atoms with Gasteiger partial charge in [-0.25, -0.2) is 0 Å². The van der Waals surface area contributed by atoms with E-state index in [4.69, 9.17) is 0 Å². The molecule has 122 valence electrons. The number of hydrogen-bond acceptors (Lipinski definition) is 2. The van der Waals surface area contributed by atoms with Crippen LogP contribution in [0.25, 0.3) is 0 Å². The van der Waals surface area contributed by atoms with E-state index in [-0.39, 0.29) is 0 Å². The van der Waals surface area contributed by atoms with E-state index in [0.29, 0.717) is 18.2 Å². The van der Waals surface area contributed by atoms with Crippen LogP contribution in [0.1, 0.15) is 90.4 Å². The molecule has 0 amide bonds. The minimum Gasteiger partial charge on any atom is -0.395 e. The first-order valence-corrected chi connectivity index (χ1v) is 9.71. The molecule has 3 fully saturated rings. The highest BCUT2D eigenvalue weighted by atomic mass is 16.3. The second-order valence-electron chi connectivity index (χ2n) is 7.91. The van der Waals surface area contributed by atoms with Gasteiger partial charge < -0.3 is 5.11 Å². The monoisotopic (exact) mass is 293 g/mol. The fraction of sp³-hybridized carbons (Fsp3) is 1.00. The summed E-state index contributed by atoms with van der Waals surface area (Å²) < 4.78 is 0. The first-order chi connectivity index (χ1) is 10.3. The van der Waals surface area contributed by atoms with Crippen molar-refractivity contribution < 1.29 is 5.11 Å². The third-order valence-electron chi connectivity index (χ3n) is 6.83. The molecule has 0 aromatic heterocycles. The Labute approximate surface area is 131 Å². The van der Waals surface area contributed by atoms with E-state index in [1.165, 1.54) is 83.5 Å². The van der Waals surface area contributed by atoms with Crippen LogP contribution >= 0.6 is 0 Å². The van der Waals surface area contributed by atoms with Crippen molar-refractivity contribution in [2.75, 3.05) is 6.61 Å². The molecule has 0 unspecified atom stereocenters. The minimum atomic E-state index is 0.389. The van der Waals surface area contributed by atoms with Crippen molar-refractivity contribution in [3.63, 3.8) is 0 Å². The molecule has 21 heavy (non-hydrogen) atoms. The maximum absolute atomic E-state index is 9.88. The van der Waals surface area contributed by atoms with Crippen LogP contribution in [0.5, 0.6) is 0 Å². The van der Waals surface area contributed by atoms with Crippen molar-refractivity contribution in [3.05, 3.63) is 0 Å². The Hall–Kier alpha value is -0.0800. The molecule has 2 saturated heterocycles. The van der Waals surface area contributed by atoms with Crippen LogP contribution in [0.15, 0.2) is 0 Å². The summed E-state index contributed by atoms with van der Waals surface area (Å²) in [4.78, 5) is 2.87. The molecule has 4 atom stereocenters. The normalized spacial score (nSPS) is 40.0. The van der Waals surface area contributed by atoms with Gasteiger partial charge in [0.1, 0.15) is 0 Å². The maximum atomic E-state index is 9.88. The van der Waals surface area contributed by atoms with Crippen LogP contribution in [0, 0.1) is 5.92 Å². The summed E-state index contributed by atoms with van der Waals surface area (Å²) in [6, 6.07) is 1.25. The number of hydrogen-bond donors (Lipinski definition) is 1. The Morgan fingerprint density at radius 2 is 1.86 bits per heavy atom. The van der Waals surface area contributed by atoms with Gasteiger partial charge in [-0.05, 0) is 50.9 Å². The molecule has 1 aliphatic carbocycles. The molecule has 0 aromatic carbocycles. The van der Waals surface area contributed by atoms with E-state index in [1.54, 1.807) is 0 Å². The van der Waals surface area contributed by atoms with Crippen LogP contribution in [-0.4, -0.2) is 34.2 Å². The van der Waals surface area contributed by atoms with Crippen molar-refractivity contribution in [3.8, 4) is 0 Å². The van der Waals surface area contributed by atoms with Gasteiger partial charge in [0.25, 0.3) is 0 Å². The summed E-state index contributed by atoms with van der Waals surface area (Å²) in [5.41, 5.74) is 0.499. The van der Waals surface area contributed by atoms with Gasteiger partial charge in [0.15, 0.2) is 0 Å². The Morgan fingerprint density at radius 3 is 2.67 bits per heavy atom. The number of nitrogens with zero attached hydrogens (tertiary/aromatic N) is 1. The zero-order valence-corrected chi connectivity index (χ0v) is 14.0. The zero-order chi connectivity index (χ0) is 14.7. The lowest BCUT2D eigenvalue weighted by atomic mass is 9.66. The lowest BCUT2D eigenvalue weighted by Gasteiger charge is -2.56. The van der Waals surface area contributed by atoms with E-state index in [0.717, 1.165) is 12.0 Å². The molecule has 1 N–H and O–H groups in total. The molecule has 1 saturated carbocycles. The highest BCUT2D eigenvalue weighted by Gasteiger charge is 2.55. The Morgan fingerprint density at radius 1 is 0.952 bits per heavy atom. The van der Waals surface area contributed by atoms with Crippen LogP contribution in [0.3, 0.4) is 0 Å². The van der Waals surface area contributed by atoms with Crippen LogP contribution < -0.4 is 0 Å². The van der Waals surface area contributed by atoms with Gasteiger partial charge in [0.05, 0.1) is 6.61 Å². The summed E-state index contributed by atoms with van der Waals surface area (Å²) in [6.07, 6.45) is 18.1. The summed E-state index contributed by atoms with van der Waals surface area (Å²) in [5, 5.41) is 9.88. The lowest BCUT2D eigenvalue weighted by molar-refractivity contribution is -0.0702. The van der Waals surface area contributed by atoms with E-state index < -0.39 is 0 Å². The zero-order valence-electron chi connectivity index (χ0n) is 14.0. The van der Waals surface area contributed by atoms with Gasteiger partial charge in [-0.2, -0.15) is 0 Å². The van der Waals surface area contributed by atoms with E-state index >= 15 is 0 Å². The number of aliphatic hydroxyl groups is 1. The van der Waals surface area contributed by atoms with Gasteiger partial charge >= 0.3 is 0 Å². The summed E-state index contributed by atoms with van der Waals surface area (Å²) in [7, 11) is 0. The molecular weight excluding hydrogens is 258 g/mol. The quantitative estimate of drug-likeness (QED) is 0.729. The van der Waals surface area contributed by atoms with Crippen molar-refractivity contribution >= 4 is 0 Å². The van der Waals surface area contributed by atoms with Crippen LogP contribution in [0.4, 0.5) is 0 Å². The van der Waals surface area contributed by atoms with Crippen LogP contribution in [0.2, 0.25) is 0 Å². The van der Waals surface area contributed by atoms with Crippen LogP contribution in [-0.2, 0) is 0 Å². The summed E-state index contributed by atoms with van der Waals surface area (Å²) >= 11 is 0. The first kappa shape index (κ1) is 15.8. The molecular formula is C19H35NO. The Balaban J connectivity index is 1.70. The van der Waals surface area contributed by atoms with E-state index in [1.807, 2.05) is 0 Å². The topological polar surface area (TPSA) is 23.5 Å². The molecule has 0 aromatic rings. The summed E-state index contributed by atoms with van der Waals surface area (Å²) in [5.74, 6) is 0.940. The summed E-state index contributed by atoms with van der Waals surface area (Å²) in [6.45, 7) is 2.68. The van der Waals surface area contributed by atoms with Crippen molar-refractivity contribution in [1.29, 1.82) is 0 Å². The molecule has 2 aliphatic heterocycles. The molecule has 3 rings (SSSR count). The molecule has 1 spiro atoms. The molecule has 0 radical (unpaired) electrons. The fourth-order valence-corrected chi connectivity index (χ4v) is 5.89. The Bertz CT molecular complexity index is 332. The van der Waals surface area contributed by atoms with E-state index in [9.17, 15) is 5.11 Å². The van der Waals surface area contributed by atoms with Gasteiger partial charge in [0, 0.05) is 17.6 Å². The molecule has 3 aliphatic rings. The largest absolute Gasteiger partial charge is 0.395 e. The fourth-order valence-electron chi connectivity index (χ4n) is 5.89. The minimum absolute atomic E-state index is 0.389. The predicted molar refractivity (Wildman–Crippen MR) is 88.4 cm³/mol. The average Bonchev–Trinajstić information content (AvgIpc) is 2.90. The first-order valence-electron chi connectivity index (χ1n) is 9.71. The van der Waals surface area contributed by atoms with Gasteiger partial charge in [-0.15, -0.1) is 0 Å². The Kier molecular flexibility index (Phi) is 5.27. The van der Waals surface area contributed by atoms with Crippen molar-refractivity contribution in [2.45, 2.75) is 108 Å². The molecule has 2 heterocycles. The molecule has 2 heteroatoms. The average molecular weight is 293 g/mol. The highest BCUT2D eigenvalue weighted by molar-refractivity contribution is 5.10. The predicted octanol–water partition coefficient (Wildman–Crippen LogP) is 4.50. The number of rotatable bonds is 6. The third-order valence-corrected chi connectivity index (χ3v) is 6.83. The SMILES string of the molecule is CCCCCC[C@@H]1CC[C@@H]2CCCC[C@@]23CC[C@H](CO)N13. The van der Waals surface area contributed by atoms with Crippen molar-refractivity contribution in [2.24, 2.45) is 5.92 Å². The van der Waals surface area contributed by atoms with Gasteiger partial charge in [0.2, 0.25) is 0 Å². The van der Waals surface area contributed by atoms with Crippen molar-refractivity contribution in [1.82, 2.24) is 4.90 Å². The van der Waals surface area contributed by atoms with Gasteiger partial charge in [-0.1, -0.05) is 45.4 Å².